The summed E-state index contributed by atoms with van der Waals surface area (Å²) in [6, 6.07) is 21.8. The maximum Gasteiger partial charge on any atom is 0.509 e. The Bertz CT molecular complexity index is 1790. The van der Waals surface area contributed by atoms with Gasteiger partial charge in [0.2, 0.25) is 0 Å². The van der Waals surface area contributed by atoms with Crippen molar-refractivity contribution in [3.63, 3.8) is 0 Å². The highest BCUT2D eigenvalue weighted by molar-refractivity contribution is 8.76. The third-order valence-electron chi connectivity index (χ3n) is 8.41. The summed E-state index contributed by atoms with van der Waals surface area (Å²) < 4.78 is 43.8. The van der Waals surface area contributed by atoms with Crippen LogP contribution >= 0.6 is 21.6 Å². The Morgan fingerprint density at radius 1 is 0.922 bits per heavy atom. The zero-order valence-corrected chi connectivity index (χ0v) is 30.7. The van der Waals surface area contributed by atoms with E-state index in [4.69, 9.17) is 25.7 Å². The molecular weight excluding hydrogens is 715 g/mol. The summed E-state index contributed by atoms with van der Waals surface area (Å²) in [6.07, 6.45) is 1.35. The maximum atomic E-state index is 12.8. The molecule has 1 aliphatic rings. The summed E-state index contributed by atoms with van der Waals surface area (Å²) in [5.74, 6) is 0.463. The largest absolute Gasteiger partial charge is 0.509 e. The van der Waals surface area contributed by atoms with Crippen LogP contribution in [-0.2, 0) is 41.2 Å². The molecule has 1 aliphatic carbocycles. The van der Waals surface area contributed by atoms with Crippen molar-refractivity contribution < 1.29 is 42.1 Å². The lowest BCUT2D eigenvalue weighted by molar-refractivity contribution is -0.111. The minimum Gasteiger partial charge on any atom is -0.448 e. The number of allylic oxidation sites excluding steroid dienone is 1. The predicted octanol–water partition coefficient (Wildman–Crippen LogP) is 5.59. The molecule has 51 heavy (non-hydrogen) atoms. The molecule has 0 unspecified atom stereocenters. The molecule has 15 heteroatoms. The smallest absolute Gasteiger partial charge is 0.448 e. The summed E-state index contributed by atoms with van der Waals surface area (Å²) >= 11 is 0. The Morgan fingerprint density at radius 2 is 1.61 bits per heavy atom. The number of hydrogen-bond donors (Lipinski definition) is 4. The van der Waals surface area contributed by atoms with Crippen molar-refractivity contribution in [1.29, 1.82) is 0 Å². The van der Waals surface area contributed by atoms with Crippen molar-refractivity contribution in [1.82, 2.24) is 4.72 Å². The molecule has 0 spiro atoms. The number of aliphatic hydroxyl groups is 1. The van der Waals surface area contributed by atoms with Gasteiger partial charge in [0.15, 0.2) is 5.78 Å². The van der Waals surface area contributed by atoms with Crippen LogP contribution in [0.4, 0.5) is 9.59 Å². The van der Waals surface area contributed by atoms with Crippen molar-refractivity contribution in [2.75, 3.05) is 31.3 Å². The number of amides is 1. The van der Waals surface area contributed by atoms with Crippen LogP contribution in [0.3, 0.4) is 0 Å². The molecule has 3 aromatic rings. The third kappa shape index (κ3) is 10.7. The highest BCUT2D eigenvalue weighted by Crippen LogP contribution is 2.45. The van der Waals surface area contributed by atoms with E-state index >= 15 is 0 Å². The van der Waals surface area contributed by atoms with E-state index in [1.807, 2.05) is 29.0 Å². The van der Waals surface area contributed by atoms with E-state index in [1.54, 1.807) is 30.3 Å². The van der Waals surface area contributed by atoms with E-state index in [0.717, 1.165) is 30.4 Å². The van der Waals surface area contributed by atoms with E-state index in [2.05, 4.69) is 0 Å². The second kappa shape index (κ2) is 19.0. The Balaban J connectivity index is 1.18. The molecule has 1 amide bonds. The van der Waals surface area contributed by atoms with Gasteiger partial charge >= 0.3 is 12.2 Å². The number of carbonyl (C=O) groups is 3. The normalized spacial score (nSPS) is 17.9. The highest BCUT2D eigenvalue weighted by Gasteiger charge is 2.45. The lowest BCUT2D eigenvalue weighted by Crippen LogP contribution is -2.45. The van der Waals surface area contributed by atoms with Gasteiger partial charge in [0.25, 0.3) is 10.0 Å². The van der Waals surface area contributed by atoms with Crippen molar-refractivity contribution >= 4 is 60.9 Å². The second-order valence-corrected chi connectivity index (χ2v) is 16.1. The van der Waals surface area contributed by atoms with Crippen LogP contribution in [0, 0.1) is 5.92 Å². The molecule has 1 saturated carbocycles. The zero-order chi connectivity index (χ0) is 36.9. The third-order valence-corrected chi connectivity index (χ3v) is 12.1. The minimum atomic E-state index is -4.23. The summed E-state index contributed by atoms with van der Waals surface area (Å²) in [7, 11) is -1.49. The van der Waals surface area contributed by atoms with E-state index < -0.39 is 27.9 Å². The maximum absolute atomic E-state index is 12.8. The van der Waals surface area contributed by atoms with E-state index in [1.165, 1.54) is 52.8 Å². The van der Waals surface area contributed by atoms with Crippen LogP contribution in [0.2, 0.25) is 0 Å². The quantitative estimate of drug-likeness (QED) is 0.0465. The molecule has 0 radical (unpaired) electrons. The molecule has 0 heterocycles. The highest BCUT2D eigenvalue weighted by atomic mass is 33.1. The standard InChI is InChI=1S/C36H43N3O9S3/c1-25(41)32(27-9-3-2-4-10-27)33(38)28-13-15-31(16-14-28)51(44,45)39-34(42)46-18-20-49-50-21-19-47-35(43)48-36(17-6-5-11-30(36)23-37)29-12-7-8-26(22-29)24-40/h2-4,7-10,12-16,22,30,40H,5-6,11,17-21,23-24,37-38H2,1H3,(H,39,42)/t30-,36+/m1/s1. The monoisotopic (exact) mass is 757 g/mol. The molecule has 0 aliphatic heterocycles. The number of benzene rings is 3. The van der Waals surface area contributed by atoms with Gasteiger partial charge in [-0.3, -0.25) is 4.79 Å². The first-order valence-corrected chi connectivity index (χ1v) is 20.3. The Hall–Kier alpha value is -4.02. The molecule has 12 nitrogen and oxygen atoms in total. The van der Waals surface area contributed by atoms with Crippen LogP contribution in [-0.4, -0.2) is 62.8 Å². The molecule has 3 aromatic carbocycles. The molecule has 2 atom stereocenters. The number of ketones is 1. The first-order chi connectivity index (χ1) is 24.5. The summed E-state index contributed by atoms with van der Waals surface area (Å²) in [5, 5.41) is 9.63. The number of sulfonamides is 1. The Labute approximate surface area is 306 Å². The first-order valence-electron chi connectivity index (χ1n) is 16.4. The van der Waals surface area contributed by atoms with Crippen molar-refractivity contribution in [3.05, 3.63) is 101 Å². The van der Waals surface area contributed by atoms with Gasteiger partial charge in [0.1, 0.15) is 18.8 Å². The molecule has 1 fully saturated rings. The number of rotatable bonds is 16. The molecule has 0 bridgehead atoms. The van der Waals surface area contributed by atoms with Crippen LogP contribution in [0.5, 0.6) is 0 Å². The van der Waals surface area contributed by atoms with E-state index in [-0.39, 0.29) is 42.1 Å². The van der Waals surface area contributed by atoms with Gasteiger partial charge < -0.3 is 30.8 Å². The Morgan fingerprint density at radius 3 is 2.25 bits per heavy atom. The summed E-state index contributed by atoms with van der Waals surface area (Å²) in [5.41, 5.74) is 14.6. The summed E-state index contributed by atoms with van der Waals surface area (Å²) in [6.45, 7) is 1.63. The van der Waals surface area contributed by atoms with Crippen LogP contribution in [0.15, 0.2) is 83.8 Å². The fourth-order valence-corrected chi connectivity index (χ4v) is 8.51. The second-order valence-electron chi connectivity index (χ2n) is 11.7. The number of carbonyl (C=O) groups excluding carboxylic acids is 3. The van der Waals surface area contributed by atoms with E-state index in [0.29, 0.717) is 41.2 Å². The number of hydrogen-bond acceptors (Lipinski definition) is 13. The van der Waals surface area contributed by atoms with Crippen LogP contribution in [0.25, 0.3) is 11.3 Å². The lowest BCUT2D eigenvalue weighted by Gasteiger charge is -2.43. The van der Waals surface area contributed by atoms with Crippen LogP contribution < -0.4 is 16.2 Å². The fourth-order valence-electron chi connectivity index (χ4n) is 5.96. The molecular formula is C36H43N3O9S3. The van der Waals surface area contributed by atoms with Gasteiger partial charge in [-0.05, 0) is 73.2 Å². The minimum absolute atomic E-state index is 0.0641. The van der Waals surface area contributed by atoms with Crippen molar-refractivity contribution in [2.24, 2.45) is 17.4 Å². The SMILES string of the molecule is CC(=O)C(=C(N)c1ccc(S(=O)(=O)NC(=O)OCCSSCCOC(=O)O[C@]2(c3cccc(CO)c3)CCCC[C@@H]2CN)cc1)c1ccccc1. The number of nitrogens with two attached hydrogens (primary N) is 2. The van der Waals surface area contributed by atoms with Gasteiger partial charge in [-0.2, -0.15) is 0 Å². The molecule has 274 valence electrons. The summed E-state index contributed by atoms with van der Waals surface area (Å²) in [4.78, 5) is 37.2. The fraction of sp³-hybridized carbons (Fsp3) is 0.361. The first kappa shape index (κ1) is 39.8. The van der Waals surface area contributed by atoms with Gasteiger partial charge in [-0.1, -0.05) is 88.7 Å². The Kier molecular flexibility index (Phi) is 14.8. The van der Waals surface area contributed by atoms with Gasteiger partial charge in [0.05, 0.1) is 17.2 Å². The molecule has 4 rings (SSSR count). The van der Waals surface area contributed by atoms with Gasteiger partial charge in [-0.25, -0.2) is 22.7 Å². The number of nitrogens with one attached hydrogen (secondary N) is 1. The van der Waals surface area contributed by atoms with Crippen LogP contribution in [0.1, 0.15) is 54.9 Å². The van der Waals surface area contributed by atoms with Gasteiger partial charge in [0, 0.05) is 23.0 Å². The molecule has 0 saturated heterocycles. The van der Waals surface area contributed by atoms with Gasteiger partial charge in [-0.15, -0.1) is 0 Å². The molecule has 0 aromatic heterocycles. The number of aliphatic hydroxyl groups excluding tert-OH is 1. The van der Waals surface area contributed by atoms with Crippen molar-refractivity contribution in [2.45, 2.75) is 49.7 Å². The number of Topliss-reactive ketones (excluding diaryl/α,β-unsaturated/α-hetero) is 1. The van der Waals surface area contributed by atoms with E-state index in [9.17, 15) is 27.9 Å². The molecule has 6 N–H and O–H groups in total. The van der Waals surface area contributed by atoms with Crippen molar-refractivity contribution in [3.8, 4) is 0 Å². The number of ether oxygens (including phenoxy) is 3. The lowest BCUT2D eigenvalue weighted by atomic mass is 9.71. The predicted molar refractivity (Wildman–Crippen MR) is 199 cm³/mol. The average molecular weight is 758 g/mol. The average Bonchev–Trinajstić information content (AvgIpc) is 3.13. The topological polar surface area (TPSA) is 197 Å². The zero-order valence-electron chi connectivity index (χ0n) is 28.2.